The summed E-state index contributed by atoms with van der Waals surface area (Å²) in [5.41, 5.74) is 0. The number of thioether (sulfide) groups is 1. The van der Waals surface area contributed by atoms with Crippen LogP contribution in [0, 0.1) is 0 Å². The van der Waals surface area contributed by atoms with Crippen LogP contribution >= 0.6 is 11.8 Å². The molecule has 9 heteroatoms. The lowest BCUT2D eigenvalue weighted by Crippen LogP contribution is -2.50. The molecule has 0 atom stereocenters. The van der Waals surface area contributed by atoms with E-state index in [-0.39, 0.29) is 5.91 Å². The van der Waals surface area contributed by atoms with Crippen molar-refractivity contribution in [1.29, 1.82) is 0 Å². The van der Waals surface area contributed by atoms with Crippen LogP contribution in [0.15, 0.2) is 35.5 Å². The molecule has 28 heavy (non-hydrogen) atoms. The molecule has 1 amide bonds. The number of nitrogen functional groups attached to an aromatic ring is 1. The van der Waals surface area contributed by atoms with Gasteiger partial charge in [0.1, 0.15) is 12.4 Å². The zero-order chi connectivity index (χ0) is 19.3. The number of amides is 1. The summed E-state index contributed by atoms with van der Waals surface area (Å²) >= 11 is 1.37. The molecular weight excluding hydrogens is 376 g/mol. The number of aromatic nitrogens is 3. The maximum Gasteiger partial charge on any atom is 0.233 e. The molecule has 1 aliphatic heterocycles. The summed E-state index contributed by atoms with van der Waals surface area (Å²) in [5, 5.41) is 8.89. The third-order valence-corrected chi connectivity index (χ3v) is 6.03. The summed E-state index contributed by atoms with van der Waals surface area (Å²) in [5.74, 6) is 8.69. The van der Waals surface area contributed by atoms with Gasteiger partial charge >= 0.3 is 0 Å². The Morgan fingerprint density at radius 1 is 1.14 bits per heavy atom. The number of hydrogen-bond donors (Lipinski definition) is 1. The molecule has 1 saturated carbocycles. The maximum atomic E-state index is 12.5. The Morgan fingerprint density at radius 2 is 1.89 bits per heavy atom. The lowest BCUT2D eigenvalue weighted by molar-refractivity contribution is -0.130. The number of nitrogens with zero attached hydrogens (tertiary/aromatic N) is 5. The molecule has 0 bridgehead atoms. The number of ether oxygens (including phenoxy) is 1. The number of piperazine rings is 1. The van der Waals surface area contributed by atoms with Crippen LogP contribution < -0.4 is 10.6 Å². The van der Waals surface area contributed by atoms with Crippen LogP contribution in [0.4, 0.5) is 0 Å². The van der Waals surface area contributed by atoms with Crippen LogP contribution in [0.2, 0.25) is 0 Å². The van der Waals surface area contributed by atoms with Crippen molar-refractivity contribution in [2.24, 2.45) is 0 Å². The highest BCUT2D eigenvalue weighted by atomic mass is 32.2. The lowest BCUT2D eigenvalue weighted by atomic mass is 10.3. The normalized spacial score (nSPS) is 17.6. The van der Waals surface area contributed by atoms with Crippen LogP contribution in [-0.4, -0.2) is 75.7 Å². The van der Waals surface area contributed by atoms with Crippen LogP contribution in [0.25, 0.3) is 0 Å². The standard InChI is InChI=1S/C19H26N6O2S/c20-25-18(15-6-7-15)21-22-19(25)28-14-17(26)24-10-8-23(9-11-24)12-13-27-16-4-2-1-3-5-16/h1-5,15H,6-14,20H2. The summed E-state index contributed by atoms with van der Waals surface area (Å²) < 4.78 is 7.29. The fraction of sp³-hybridized carbons (Fsp3) is 0.526. The van der Waals surface area contributed by atoms with E-state index in [9.17, 15) is 4.79 Å². The van der Waals surface area contributed by atoms with E-state index >= 15 is 0 Å². The van der Waals surface area contributed by atoms with Gasteiger partial charge in [-0.1, -0.05) is 30.0 Å². The minimum Gasteiger partial charge on any atom is -0.492 e. The van der Waals surface area contributed by atoms with Gasteiger partial charge in [-0.3, -0.25) is 9.69 Å². The van der Waals surface area contributed by atoms with Gasteiger partial charge in [0.2, 0.25) is 11.1 Å². The van der Waals surface area contributed by atoms with Crippen LogP contribution in [0.5, 0.6) is 5.75 Å². The monoisotopic (exact) mass is 402 g/mol. The van der Waals surface area contributed by atoms with Crippen molar-refractivity contribution in [1.82, 2.24) is 24.7 Å². The van der Waals surface area contributed by atoms with Gasteiger partial charge in [0.25, 0.3) is 0 Å². The molecule has 1 aliphatic carbocycles. The first-order valence-electron chi connectivity index (χ1n) is 9.72. The number of hydrogen-bond acceptors (Lipinski definition) is 7. The number of nitrogens with two attached hydrogens (primary N) is 1. The van der Waals surface area contributed by atoms with Gasteiger partial charge in [-0.25, -0.2) is 4.68 Å². The number of carbonyl (C=O) groups excluding carboxylic acids is 1. The fourth-order valence-corrected chi connectivity index (χ4v) is 4.02. The zero-order valence-corrected chi connectivity index (χ0v) is 16.7. The van der Waals surface area contributed by atoms with Crippen molar-refractivity contribution in [3.8, 4) is 5.75 Å². The Balaban J connectivity index is 1.16. The van der Waals surface area contributed by atoms with Gasteiger partial charge < -0.3 is 15.5 Å². The van der Waals surface area contributed by atoms with Crippen molar-refractivity contribution in [3.63, 3.8) is 0 Å². The molecule has 2 fully saturated rings. The van der Waals surface area contributed by atoms with Crippen molar-refractivity contribution in [2.75, 3.05) is 50.9 Å². The SMILES string of the molecule is Nn1c(SCC(=O)N2CCN(CCOc3ccccc3)CC2)nnc1C1CC1. The first kappa shape index (κ1) is 19.1. The van der Waals surface area contributed by atoms with E-state index in [1.54, 1.807) is 4.68 Å². The first-order chi connectivity index (χ1) is 13.7. The molecule has 2 aromatic rings. The molecule has 150 valence electrons. The maximum absolute atomic E-state index is 12.5. The molecule has 2 N–H and O–H groups in total. The topological polar surface area (TPSA) is 89.5 Å². The van der Waals surface area contributed by atoms with Crippen LogP contribution in [0.3, 0.4) is 0 Å². The Labute approximate surface area is 169 Å². The molecule has 1 aromatic carbocycles. The Hall–Kier alpha value is -2.26. The third kappa shape index (κ3) is 4.77. The predicted molar refractivity (Wildman–Crippen MR) is 108 cm³/mol. The van der Waals surface area contributed by atoms with Crippen LogP contribution in [0.1, 0.15) is 24.6 Å². The Kier molecular flexibility index (Phi) is 6.01. The largest absolute Gasteiger partial charge is 0.492 e. The highest BCUT2D eigenvalue weighted by Crippen LogP contribution is 2.39. The molecule has 1 saturated heterocycles. The molecule has 0 radical (unpaired) electrons. The van der Waals surface area contributed by atoms with E-state index in [1.807, 2.05) is 35.2 Å². The number of rotatable bonds is 8. The minimum absolute atomic E-state index is 0.126. The average Bonchev–Trinajstić information content (AvgIpc) is 3.50. The number of carbonyl (C=O) groups is 1. The predicted octanol–water partition coefficient (Wildman–Crippen LogP) is 1.18. The summed E-state index contributed by atoms with van der Waals surface area (Å²) in [6.07, 6.45) is 2.25. The summed E-state index contributed by atoms with van der Waals surface area (Å²) in [4.78, 5) is 16.8. The molecule has 2 aliphatic rings. The quantitative estimate of drug-likeness (QED) is 0.524. The van der Waals surface area contributed by atoms with E-state index in [0.717, 1.165) is 57.1 Å². The van der Waals surface area contributed by atoms with Crippen molar-refractivity contribution < 1.29 is 9.53 Å². The second-order valence-electron chi connectivity index (χ2n) is 7.16. The van der Waals surface area contributed by atoms with Gasteiger partial charge in [-0.2, -0.15) is 0 Å². The van der Waals surface area contributed by atoms with E-state index in [0.29, 0.717) is 23.4 Å². The summed E-state index contributed by atoms with van der Waals surface area (Å²) in [7, 11) is 0. The molecular formula is C19H26N6O2S. The molecule has 2 heterocycles. The van der Waals surface area contributed by atoms with Gasteiger partial charge in [-0.05, 0) is 25.0 Å². The highest BCUT2D eigenvalue weighted by molar-refractivity contribution is 7.99. The van der Waals surface area contributed by atoms with E-state index in [4.69, 9.17) is 10.6 Å². The Bertz CT molecular complexity index is 787. The first-order valence-corrected chi connectivity index (χ1v) is 10.7. The van der Waals surface area contributed by atoms with Gasteiger partial charge in [-0.15, -0.1) is 10.2 Å². The highest BCUT2D eigenvalue weighted by Gasteiger charge is 2.30. The van der Waals surface area contributed by atoms with Crippen molar-refractivity contribution >= 4 is 17.7 Å². The molecule has 0 spiro atoms. The second-order valence-corrected chi connectivity index (χ2v) is 8.10. The van der Waals surface area contributed by atoms with Gasteiger partial charge in [0, 0.05) is 38.6 Å². The number of benzene rings is 1. The van der Waals surface area contributed by atoms with E-state index in [1.165, 1.54) is 11.8 Å². The van der Waals surface area contributed by atoms with Crippen LogP contribution in [-0.2, 0) is 4.79 Å². The van der Waals surface area contributed by atoms with E-state index in [2.05, 4.69) is 15.1 Å². The molecule has 1 aromatic heterocycles. The Morgan fingerprint density at radius 3 is 2.61 bits per heavy atom. The van der Waals surface area contributed by atoms with E-state index < -0.39 is 0 Å². The summed E-state index contributed by atoms with van der Waals surface area (Å²) in [6, 6.07) is 9.84. The average molecular weight is 403 g/mol. The van der Waals surface area contributed by atoms with Gasteiger partial charge in [0.15, 0.2) is 5.82 Å². The smallest absolute Gasteiger partial charge is 0.233 e. The van der Waals surface area contributed by atoms with Gasteiger partial charge in [0.05, 0.1) is 5.75 Å². The molecule has 0 unspecified atom stereocenters. The third-order valence-electron chi connectivity index (χ3n) is 5.10. The zero-order valence-electron chi connectivity index (χ0n) is 15.9. The summed E-state index contributed by atoms with van der Waals surface area (Å²) in [6.45, 7) is 4.75. The van der Waals surface area contributed by atoms with Crippen molar-refractivity contribution in [3.05, 3.63) is 36.2 Å². The van der Waals surface area contributed by atoms with Crippen molar-refractivity contribution in [2.45, 2.75) is 23.9 Å². The lowest BCUT2D eigenvalue weighted by Gasteiger charge is -2.34. The second kappa shape index (κ2) is 8.83. The fourth-order valence-electron chi connectivity index (χ4n) is 3.25. The minimum atomic E-state index is 0.126. The molecule has 8 nitrogen and oxygen atoms in total. The molecule has 4 rings (SSSR count). The number of para-hydroxylation sites is 1.